The maximum atomic E-state index is 12.8. The molecule has 0 aliphatic carbocycles. The number of benzene rings is 1. The van der Waals surface area contributed by atoms with E-state index in [1.807, 2.05) is 60.0 Å². The third-order valence-corrected chi connectivity index (χ3v) is 5.73. The van der Waals surface area contributed by atoms with E-state index >= 15 is 0 Å². The largest absolute Gasteiger partial charge is 0.456 e. The summed E-state index contributed by atoms with van der Waals surface area (Å²) in [5.41, 5.74) is 0.823. The topological polar surface area (TPSA) is 84.5 Å². The Morgan fingerprint density at radius 2 is 1.97 bits per heavy atom. The molecule has 2 aromatic rings. The molecule has 1 aromatic heterocycles. The van der Waals surface area contributed by atoms with Crippen LogP contribution >= 0.6 is 11.3 Å². The third-order valence-electron chi connectivity index (χ3n) is 4.85. The highest BCUT2D eigenvalue weighted by atomic mass is 32.1. The van der Waals surface area contributed by atoms with Gasteiger partial charge in [-0.15, -0.1) is 11.3 Å². The number of carbonyl (C=O) groups excluding carboxylic acids is 3. The van der Waals surface area contributed by atoms with E-state index in [0.29, 0.717) is 19.4 Å². The third kappa shape index (κ3) is 6.84. The predicted molar refractivity (Wildman–Crippen MR) is 116 cm³/mol. The van der Waals surface area contributed by atoms with Crippen LogP contribution in [0, 0.1) is 5.92 Å². The van der Waals surface area contributed by atoms with Gasteiger partial charge in [0.25, 0.3) is 0 Å². The highest BCUT2D eigenvalue weighted by molar-refractivity contribution is 7.09. The molecule has 2 heterocycles. The van der Waals surface area contributed by atoms with Crippen LogP contribution in [0.5, 0.6) is 0 Å². The van der Waals surface area contributed by atoms with Gasteiger partial charge in [0, 0.05) is 17.7 Å². The fourth-order valence-electron chi connectivity index (χ4n) is 3.21. The number of hydrogen-bond donors (Lipinski definition) is 2. The number of nitrogens with one attached hydrogen (secondary N) is 2. The Morgan fingerprint density at radius 1 is 1.13 bits per heavy atom. The lowest BCUT2D eigenvalue weighted by atomic mass is 9.98. The minimum Gasteiger partial charge on any atom is -0.456 e. The molecule has 3 rings (SSSR count). The quantitative estimate of drug-likeness (QED) is 0.566. The molecule has 7 heteroatoms. The second kappa shape index (κ2) is 11.3. The lowest BCUT2D eigenvalue weighted by Gasteiger charge is -2.21. The highest BCUT2D eigenvalue weighted by Gasteiger charge is 2.24. The highest BCUT2D eigenvalue weighted by Crippen LogP contribution is 2.19. The van der Waals surface area contributed by atoms with Crippen molar-refractivity contribution < 1.29 is 19.1 Å². The molecule has 2 N–H and O–H groups in total. The number of esters is 1. The Kier molecular flexibility index (Phi) is 8.20. The van der Waals surface area contributed by atoms with Gasteiger partial charge in [-0.2, -0.15) is 0 Å². The van der Waals surface area contributed by atoms with Crippen molar-refractivity contribution in [3.8, 4) is 0 Å². The number of allylic oxidation sites excluding steroid dienone is 2. The zero-order chi connectivity index (χ0) is 21.2. The molecule has 0 unspecified atom stereocenters. The number of thiophene rings is 1. The van der Waals surface area contributed by atoms with E-state index in [0.717, 1.165) is 10.4 Å². The summed E-state index contributed by atoms with van der Waals surface area (Å²) in [5, 5.41) is 7.71. The first kappa shape index (κ1) is 21.8. The molecular formula is C23H26N2O4S. The van der Waals surface area contributed by atoms with Crippen LogP contribution < -0.4 is 10.6 Å². The Morgan fingerprint density at radius 3 is 2.73 bits per heavy atom. The molecule has 1 aromatic carbocycles. The molecule has 1 aliphatic heterocycles. The van der Waals surface area contributed by atoms with Crippen LogP contribution in [-0.2, 0) is 25.7 Å². The standard InChI is InChI=1S/C23H26N2O4S/c26-21(24-15-19-11-7-13-30-19)14-18-10-5-2-6-12-22(27)29-20(16-25-23(18)28)17-8-3-1-4-9-17/h1-5,7-9,11,13,18,20H,6,10,12,14-16H2,(H,24,26)(H,25,28)/t18-,20-/m0/s1. The molecule has 158 valence electrons. The van der Waals surface area contributed by atoms with Gasteiger partial charge in [0.2, 0.25) is 11.8 Å². The minimum atomic E-state index is -0.556. The van der Waals surface area contributed by atoms with E-state index < -0.39 is 12.0 Å². The van der Waals surface area contributed by atoms with Crippen molar-refractivity contribution in [3.63, 3.8) is 0 Å². The van der Waals surface area contributed by atoms with Gasteiger partial charge >= 0.3 is 5.97 Å². The van der Waals surface area contributed by atoms with Crippen LogP contribution in [0.1, 0.15) is 42.2 Å². The molecule has 0 saturated carbocycles. The molecular weight excluding hydrogens is 400 g/mol. The first-order chi connectivity index (χ1) is 14.6. The van der Waals surface area contributed by atoms with E-state index in [1.165, 1.54) is 0 Å². The Balaban J connectivity index is 1.64. The van der Waals surface area contributed by atoms with Gasteiger partial charge in [-0.25, -0.2) is 0 Å². The lowest BCUT2D eigenvalue weighted by molar-refractivity contribution is -0.150. The molecule has 2 amide bonds. The van der Waals surface area contributed by atoms with Gasteiger partial charge in [0.1, 0.15) is 6.10 Å². The van der Waals surface area contributed by atoms with E-state index in [2.05, 4.69) is 10.6 Å². The molecule has 1 aliphatic rings. The first-order valence-electron chi connectivity index (χ1n) is 10.1. The summed E-state index contributed by atoms with van der Waals surface area (Å²) in [6.45, 7) is 0.637. The lowest BCUT2D eigenvalue weighted by Crippen LogP contribution is -2.37. The summed E-state index contributed by atoms with van der Waals surface area (Å²) in [6.07, 6.45) is 4.55. The summed E-state index contributed by atoms with van der Waals surface area (Å²) in [4.78, 5) is 38.4. The van der Waals surface area contributed by atoms with Gasteiger partial charge in [-0.1, -0.05) is 48.6 Å². The van der Waals surface area contributed by atoms with Crippen molar-refractivity contribution in [3.05, 3.63) is 70.4 Å². The molecule has 2 atom stereocenters. The average Bonchev–Trinajstić information content (AvgIpc) is 3.27. The summed E-state index contributed by atoms with van der Waals surface area (Å²) < 4.78 is 5.59. The number of amides is 2. The van der Waals surface area contributed by atoms with Crippen molar-refractivity contribution in [2.24, 2.45) is 5.92 Å². The molecule has 30 heavy (non-hydrogen) atoms. The number of rotatable bonds is 5. The molecule has 0 saturated heterocycles. The average molecular weight is 427 g/mol. The predicted octanol–water partition coefficient (Wildman–Crippen LogP) is 3.51. The van der Waals surface area contributed by atoms with Gasteiger partial charge < -0.3 is 15.4 Å². The first-order valence-corrected chi connectivity index (χ1v) is 11.0. The molecule has 0 spiro atoms. The summed E-state index contributed by atoms with van der Waals surface area (Å²) in [6, 6.07) is 13.2. The van der Waals surface area contributed by atoms with Gasteiger partial charge in [-0.3, -0.25) is 14.4 Å². The number of ether oxygens (including phenoxy) is 1. The molecule has 0 radical (unpaired) electrons. The van der Waals surface area contributed by atoms with Crippen molar-refractivity contribution in [2.75, 3.05) is 6.54 Å². The Bertz CT molecular complexity index is 865. The van der Waals surface area contributed by atoms with Crippen molar-refractivity contribution >= 4 is 29.1 Å². The van der Waals surface area contributed by atoms with Crippen molar-refractivity contribution in [1.82, 2.24) is 10.6 Å². The van der Waals surface area contributed by atoms with Crippen LogP contribution in [0.4, 0.5) is 0 Å². The SMILES string of the molecule is O=C(C[C@@H]1CC=CCCC(=O)O[C@H](c2ccccc2)CNC1=O)NCc1cccs1. The van der Waals surface area contributed by atoms with Crippen LogP contribution in [0.25, 0.3) is 0 Å². The Hall–Kier alpha value is -2.93. The van der Waals surface area contributed by atoms with Gasteiger partial charge in [-0.05, 0) is 29.9 Å². The van der Waals surface area contributed by atoms with E-state index in [1.54, 1.807) is 11.3 Å². The smallest absolute Gasteiger partial charge is 0.306 e. The number of cyclic esters (lactones) is 1. The minimum absolute atomic E-state index is 0.108. The van der Waals surface area contributed by atoms with Gasteiger partial charge in [0.15, 0.2) is 0 Å². The molecule has 6 nitrogen and oxygen atoms in total. The molecule has 0 bridgehead atoms. The van der Waals surface area contributed by atoms with Crippen LogP contribution in [0.3, 0.4) is 0 Å². The van der Waals surface area contributed by atoms with Crippen LogP contribution in [0.15, 0.2) is 60.0 Å². The van der Waals surface area contributed by atoms with E-state index in [9.17, 15) is 14.4 Å². The van der Waals surface area contributed by atoms with E-state index in [4.69, 9.17) is 4.74 Å². The fourth-order valence-corrected chi connectivity index (χ4v) is 3.85. The maximum absolute atomic E-state index is 12.8. The van der Waals surface area contributed by atoms with Crippen molar-refractivity contribution in [1.29, 1.82) is 0 Å². The fraction of sp³-hybridized carbons (Fsp3) is 0.348. The van der Waals surface area contributed by atoms with Crippen LogP contribution in [0.2, 0.25) is 0 Å². The second-order valence-electron chi connectivity index (χ2n) is 7.14. The van der Waals surface area contributed by atoms with Crippen LogP contribution in [-0.4, -0.2) is 24.3 Å². The summed E-state index contributed by atoms with van der Waals surface area (Å²) in [5.74, 6) is -1.15. The Labute approximate surface area is 180 Å². The summed E-state index contributed by atoms with van der Waals surface area (Å²) in [7, 11) is 0. The second-order valence-corrected chi connectivity index (χ2v) is 8.17. The van der Waals surface area contributed by atoms with E-state index in [-0.39, 0.29) is 37.2 Å². The maximum Gasteiger partial charge on any atom is 0.306 e. The molecule has 0 fully saturated rings. The number of carbonyl (C=O) groups is 3. The zero-order valence-electron chi connectivity index (χ0n) is 16.7. The monoisotopic (exact) mass is 426 g/mol. The normalized spacial score (nSPS) is 20.4. The zero-order valence-corrected chi connectivity index (χ0v) is 17.5. The summed E-state index contributed by atoms with van der Waals surface area (Å²) >= 11 is 1.58. The number of hydrogen-bond acceptors (Lipinski definition) is 5. The van der Waals surface area contributed by atoms with Gasteiger partial charge in [0.05, 0.1) is 19.0 Å². The van der Waals surface area contributed by atoms with Crippen molar-refractivity contribution in [2.45, 2.75) is 38.3 Å².